The highest BCUT2D eigenvalue weighted by Gasteiger charge is 2.22. The van der Waals surface area contributed by atoms with Crippen LogP contribution in [0.15, 0.2) is 42.5 Å². The molecule has 2 aromatic rings. The Morgan fingerprint density at radius 2 is 2.00 bits per heavy atom. The van der Waals surface area contributed by atoms with Crippen LogP contribution >= 0.6 is 11.8 Å². The number of carbonyl (C=O) groups is 1. The summed E-state index contributed by atoms with van der Waals surface area (Å²) >= 11 is 1.76. The molecule has 1 amide bonds. The Morgan fingerprint density at radius 3 is 2.79 bits per heavy atom. The van der Waals surface area contributed by atoms with Crippen LogP contribution in [-0.4, -0.2) is 41.2 Å². The van der Waals surface area contributed by atoms with Crippen molar-refractivity contribution >= 4 is 28.4 Å². The third kappa shape index (κ3) is 5.23. The van der Waals surface area contributed by atoms with Gasteiger partial charge >= 0.3 is 0 Å². The number of hydrogen-bond donors (Lipinski definition) is 3. The second-order valence-corrected chi connectivity index (χ2v) is 7.17. The van der Waals surface area contributed by atoms with E-state index in [0.29, 0.717) is 13.0 Å². The monoisotopic (exact) mass is 346 g/mol. The third-order valence-corrected chi connectivity index (χ3v) is 4.98. The molecular formula is C19H26N2O2S. The number of nitrogens with one attached hydrogen (secondary N) is 1. The van der Waals surface area contributed by atoms with Gasteiger partial charge in [-0.2, -0.15) is 11.8 Å². The predicted octanol–water partition coefficient (Wildman–Crippen LogP) is 2.33. The van der Waals surface area contributed by atoms with E-state index in [9.17, 15) is 9.90 Å². The Morgan fingerprint density at radius 1 is 1.25 bits per heavy atom. The molecule has 0 aliphatic heterocycles. The molecule has 2 atom stereocenters. The Bertz CT molecular complexity index is 657. The van der Waals surface area contributed by atoms with Crippen LogP contribution in [0.1, 0.15) is 18.9 Å². The van der Waals surface area contributed by atoms with Gasteiger partial charge in [-0.05, 0) is 40.7 Å². The summed E-state index contributed by atoms with van der Waals surface area (Å²) in [5.41, 5.74) is 7.08. The van der Waals surface area contributed by atoms with Gasteiger partial charge in [0.2, 0.25) is 5.91 Å². The molecule has 0 saturated carbocycles. The summed E-state index contributed by atoms with van der Waals surface area (Å²) < 4.78 is 0. The maximum atomic E-state index is 12.0. The van der Waals surface area contributed by atoms with Crippen molar-refractivity contribution < 1.29 is 9.90 Å². The van der Waals surface area contributed by atoms with Crippen molar-refractivity contribution in [1.29, 1.82) is 0 Å². The van der Waals surface area contributed by atoms with Gasteiger partial charge in [0.1, 0.15) is 6.10 Å². The summed E-state index contributed by atoms with van der Waals surface area (Å²) in [4.78, 5) is 12.0. The first-order valence-electron chi connectivity index (χ1n) is 8.39. The molecule has 0 spiro atoms. The molecule has 5 heteroatoms. The number of fused-ring (bicyclic) bond motifs is 1. The van der Waals surface area contributed by atoms with Crippen LogP contribution in [0.5, 0.6) is 0 Å². The summed E-state index contributed by atoms with van der Waals surface area (Å²) in [6, 6.07) is 13.9. The van der Waals surface area contributed by atoms with Crippen LogP contribution < -0.4 is 11.1 Å². The van der Waals surface area contributed by atoms with E-state index < -0.39 is 12.1 Å². The van der Waals surface area contributed by atoms with Crippen LogP contribution in [-0.2, 0) is 11.2 Å². The number of carbonyl (C=O) groups excluding carboxylic acids is 1. The number of aliphatic hydroxyl groups is 1. The highest BCUT2D eigenvalue weighted by atomic mass is 32.2. The molecule has 0 heterocycles. The molecule has 4 nitrogen and oxygen atoms in total. The molecule has 0 aliphatic carbocycles. The molecule has 4 N–H and O–H groups in total. The maximum absolute atomic E-state index is 12.0. The van der Waals surface area contributed by atoms with E-state index in [1.807, 2.05) is 18.2 Å². The predicted molar refractivity (Wildman–Crippen MR) is 102 cm³/mol. The molecule has 0 aromatic heterocycles. The van der Waals surface area contributed by atoms with Gasteiger partial charge in [0.25, 0.3) is 0 Å². The van der Waals surface area contributed by atoms with Gasteiger partial charge in [-0.3, -0.25) is 4.79 Å². The Kier molecular flexibility index (Phi) is 7.56. The minimum Gasteiger partial charge on any atom is -0.382 e. The lowest BCUT2D eigenvalue weighted by Crippen LogP contribution is -2.47. The van der Waals surface area contributed by atoms with Crippen molar-refractivity contribution in [2.75, 3.05) is 18.1 Å². The fourth-order valence-electron chi connectivity index (χ4n) is 2.65. The van der Waals surface area contributed by atoms with E-state index in [1.54, 1.807) is 11.8 Å². The summed E-state index contributed by atoms with van der Waals surface area (Å²) in [7, 11) is 0. The topological polar surface area (TPSA) is 75.3 Å². The van der Waals surface area contributed by atoms with Crippen molar-refractivity contribution in [3.8, 4) is 0 Å². The number of rotatable bonds is 9. The maximum Gasteiger partial charge on any atom is 0.250 e. The summed E-state index contributed by atoms with van der Waals surface area (Å²) in [6.07, 6.45) is 0.215. The van der Waals surface area contributed by atoms with Gasteiger partial charge in [0.15, 0.2) is 0 Å². The number of nitrogens with two attached hydrogens (primary N) is 1. The van der Waals surface area contributed by atoms with E-state index >= 15 is 0 Å². The molecule has 24 heavy (non-hydrogen) atoms. The van der Waals surface area contributed by atoms with Gasteiger partial charge < -0.3 is 16.2 Å². The van der Waals surface area contributed by atoms with E-state index in [2.05, 4.69) is 36.5 Å². The SMILES string of the molecule is CCSCC[C@@H](N)[C@H](O)C(=O)NCCc1cccc2ccccc12. The number of hydrogen-bond acceptors (Lipinski definition) is 4. The van der Waals surface area contributed by atoms with E-state index in [-0.39, 0.29) is 5.91 Å². The average molecular weight is 346 g/mol. The van der Waals surface area contributed by atoms with Gasteiger partial charge in [-0.1, -0.05) is 49.4 Å². The zero-order chi connectivity index (χ0) is 17.4. The van der Waals surface area contributed by atoms with Crippen molar-refractivity contribution in [3.05, 3.63) is 48.0 Å². The van der Waals surface area contributed by atoms with Gasteiger partial charge in [-0.15, -0.1) is 0 Å². The van der Waals surface area contributed by atoms with Crippen LogP contribution in [0.25, 0.3) is 10.8 Å². The lowest BCUT2D eigenvalue weighted by atomic mass is 10.0. The second kappa shape index (κ2) is 9.67. The number of thioether (sulfide) groups is 1. The molecule has 0 unspecified atom stereocenters. The third-order valence-electron chi connectivity index (χ3n) is 4.05. The lowest BCUT2D eigenvalue weighted by Gasteiger charge is -2.18. The quantitative estimate of drug-likeness (QED) is 0.609. The standard InChI is InChI=1S/C19H26N2O2S/c1-2-24-13-11-17(20)18(22)19(23)21-12-10-15-8-5-7-14-6-3-4-9-16(14)15/h3-9,17-18,22H,2,10-13,20H2,1H3,(H,21,23)/t17-,18+/m1/s1. The molecule has 0 saturated heterocycles. The van der Waals surface area contributed by atoms with Crippen LogP contribution in [0.3, 0.4) is 0 Å². The fraction of sp³-hybridized carbons (Fsp3) is 0.421. The van der Waals surface area contributed by atoms with Crippen LogP contribution in [0.2, 0.25) is 0 Å². The minimum absolute atomic E-state index is 0.385. The van der Waals surface area contributed by atoms with Gasteiger partial charge in [-0.25, -0.2) is 0 Å². The Balaban J connectivity index is 1.83. The Hall–Kier alpha value is -1.56. The molecular weight excluding hydrogens is 320 g/mol. The molecule has 2 aromatic carbocycles. The van der Waals surface area contributed by atoms with Crippen LogP contribution in [0.4, 0.5) is 0 Å². The second-order valence-electron chi connectivity index (χ2n) is 5.77. The first-order chi connectivity index (χ1) is 11.6. The minimum atomic E-state index is -1.14. The molecule has 0 aliphatic rings. The van der Waals surface area contributed by atoms with E-state index in [0.717, 1.165) is 17.9 Å². The zero-order valence-corrected chi connectivity index (χ0v) is 14.9. The molecule has 0 fully saturated rings. The van der Waals surface area contributed by atoms with Crippen LogP contribution in [0, 0.1) is 0 Å². The van der Waals surface area contributed by atoms with E-state index in [4.69, 9.17) is 5.73 Å². The number of benzene rings is 2. The first-order valence-corrected chi connectivity index (χ1v) is 9.54. The average Bonchev–Trinajstić information content (AvgIpc) is 2.61. The van der Waals surface area contributed by atoms with Gasteiger partial charge in [0, 0.05) is 12.6 Å². The lowest BCUT2D eigenvalue weighted by molar-refractivity contribution is -0.130. The van der Waals surface area contributed by atoms with Crippen molar-refractivity contribution in [1.82, 2.24) is 5.32 Å². The number of aliphatic hydroxyl groups excluding tert-OH is 1. The van der Waals surface area contributed by atoms with E-state index in [1.165, 1.54) is 16.3 Å². The first kappa shape index (κ1) is 18.8. The van der Waals surface area contributed by atoms with Crippen molar-refractivity contribution in [2.45, 2.75) is 31.9 Å². The molecule has 0 bridgehead atoms. The largest absolute Gasteiger partial charge is 0.382 e. The summed E-state index contributed by atoms with van der Waals surface area (Å²) in [5.74, 6) is 1.49. The number of amides is 1. The molecule has 0 radical (unpaired) electrons. The molecule has 2 rings (SSSR count). The smallest absolute Gasteiger partial charge is 0.250 e. The highest BCUT2D eigenvalue weighted by Crippen LogP contribution is 2.18. The van der Waals surface area contributed by atoms with Crippen molar-refractivity contribution in [2.24, 2.45) is 5.73 Å². The Labute approximate surface area is 147 Å². The van der Waals surface area contributed by atoms with Gasteiger partial charge in [0.05, 0.1) is 0 Å². The highest BCUT2D eigenvalue weighted by molar-refractivity contribution is 7.99. The summed E-state index contributed by atoms with van der Waals surface area (Å²) in [5, 5.41) is 15.2. The fourth-order valence-corrected chi connectivity index (χ4v) is 3.38. The zero-order valence-electron chi connectivity index (χ0n) is 14.1. The van der Waals surface area contributed by atoms with Crippen molar-refractivity contribution in [3.63, 3.8) is 0 Å². The normalized spacial score (nSPS) is 13.6. The summed E-state index contributed by atoms with van der Waals surface area (Å²) in [6.45, 7) is 2.56. The molecule has 130 valence electrons.